The highest BCUT2D eigenvalue weighted by Crippen LogP contribution is 2.53. The second-order valence-corrected chi connectivity index (χ2v) is 34.4. The van der Waals surface area contributed by atoms with E-state index >= 15 is 0 Å². The lowest BCUT2D eigenvalue weighted by atomic mass is 9.78. The predicted octanol–water partition coefficient (Wildman–Crippen LogP) is 26.3. The van der Waals surface area contributed by atoms with Gasteiger partial charge in [-0.2, -0.15) is 0 Å². The van der Waals surface area contributed by atoms with Crippen molar-refractivity contribution in [3.8, 4) is 50.2 Å². The summed E-state index contributed by atoms with van der Waals surface area (Å²) in [6.07, 6.45) is 0. The topological polar surface area (TPSA) is 26.9 Å². The van der Waals surface area contributed by atoms with Crippen LogP contribution in [0.3, 0.4) is 0 Å². The Morgan fingerprint density at radius 1 is 0.250 bits per heavy atom. The van der Waals surface area contributed by atoms with Gasteiger partial charge >= 0.3 is 0 Å². The van der Waals surface area contributed by atoms with Gasteiger partial charge in [0, 0.05) is 65.1 Å². The van der Waals surface area contributed by atoms with Gasteiger partial charge in [-0.1, -0.05) is 240 Å². The van der Waals surface area contributed by atoms with Crippen LogP contribution in [0.2, 0.25) is 0 Å². The zero-order valence-electron chi connectivity index (χ0n) is 59.3. The van der Waals surface area contributed by atoms with E-state index in [0.29, 0.717) is 0 Å². The first kappa shape index (κ1) is 60.1. The second-order valence-electron chi connectivity index (χ2n) is 34.4. The van der Waals surface area contributed by atoms with E-state index in [9.17, 15) is 0 Å². The van der Waals surface area contributed by atoms with E-state index in [1.54, 1.807) is 0 Å². The standard InChI is InChI=1S/C92H87N3O/c1-87(2,3)59-36-53(37-60(49-59)88(4,5)6)56-43-69(52-32-34-77-70(42-52)66-28-22-24-30-76(66)93(77)65-26-20-19-21-27-65)81-72(45-56)73-46-57(54-38-61(89(7,8)9)50-62(39-54)90(10,11)12)44-71-67-33-35-78-80(84(67)95(81)82(71)73)74-47-58(55-40-63(91(13,14)15)51-64(41-55)92(16,17)18)48-75-83(74)94(78)85-68-29-23-25-31-79(68)96-86(75)85/h19-51H,1-18H3. The van der Waals surface area contributed by atoms with Gasteiger partial charge in [-0.15, -0.1) is 0 Å². The summed E-state index contributed by atoms with van der Waals surface area (Å²) in [7, 11) is 0. The van der Waals surface area contributed by atoms with Gasteiger partial charge in [0.2, 0.25) is 0 Å². The number of furan rings is 1. The SMILES string of the molecule is CC(C)(C)c1cc(-c2cc(-c3ccc4c(c3)c3ccccc3n4-c3ccccc3)c3c(c2)c2cc(-c4cc(C(C)(C)C)cc(C(C)(C)C)c4)cc4c5ccc6c(c7cc(-c8cc(C(C)(C)C)cc(C(C)(C)C)c8)cc8c9oc%10ccccc%10c9n6c87)c5n3c24)cc(C(C)(C)C)c1. The third-order valence-electron chi connectivity index (χ3n) is 21.5. The molecule has 0 aliphatic carbocycles. The van der Waals surface area contributed by atoms with Crippen molar-refractivity contribution in [3.63, 3.8) is 0 Å². The fourth-order valence-electron chi connectivity index (χ4n) is 15.9. The molecule has 0 aliphatic rings. The fraction of sp³-hybridized carbons (Fsp3) is 0.261. The molecule has 0 atom stereocenters. The van der Waals surface area contributed by atoms with Crippen LogP contribution in [0.15, 0.2) is 205 Å². The Balaban J connectivity index is 1.09. The van der Waals surface area contributed by atoms with Gasteiger partial charge in [-0.05, 0) is 190 Å². The quantitative estimate of drug-likeness (QED) is 0.169. The molecule has 17 aromatic rings. The van der Waals surface area contributed by atoms with Gasteiger partial charge in [0.1, 0.15) is 11.1 Å². The molecule has 0 aliphatic heterocycles. The Bertz CT molecular complexity index is 6010. The van der Waals surface area contributed by atoms with Crippen molar-refractivity contribution in [1.82, 2.24) is 13.4 Å². The molecule has 476 valence electrons. The van der Waals surface area contributed by atoms with E-state index in [1.165, 1.54) is 160 Å². The highest BCUT2D eigenvalue weighted by molar-refractivity contribution is 6.36. The molecule has 6 heterocycles. The maximum Gasteiger partial charge on any atom is 0.161 e. The number of benzene rings is 11. The highest BCUT2D eigenvalue weighted by atomic mass is 16.3. The van der Waals surface area contributed by atoms with E-state index in [4.69, 9.17) is 4.42 Å². The van der Waals surface area contributed by atoms with Crippen molar-refractivity contribution in [1.29, 1.82) is 0 Å². The van der Waals surface area contributed by atoms with Crippen molar-refractivity contribution < 1.29 is 4.42 Å². The normalized spacial score (nSPS) is 13.5. The van der Waals surface area contributed by atoms with E-state index in [2.05, 4.69) is 338 Å². The minimum absolute atomic E-state index is 0.0706. The Morgan fingerprint density at radius 3 is 1.20 bits per heavy atom. The molecule has 0 unspecified atom stereocenters. The first-order valence-corrected chi connectivity index (χ1v) is 34.8. The number of para-hydroxylation sites is 3. The van der Waals surface area contributed by atoms with Crippen molar-refractivity contribution in [3.05, 3.63) is 234 Å². The number of aromatic nitrogens is 3. The summed E-state index contributed by atoms with van der Waals surface area (Å²) in [5.74, 6) is 0. The molecule has 0 bridgehead atoms. The van der Waals surface area contributed by atoms with Crippen LogP contribution in [0, 0.1) is 0 Å². The minimum atomic E-state index is -0.0839. The summed E-state index contributed by atoms with van der Waals surface area (Å²) in [4.78, 5) is 0. The molecule has 0 saturated carbocycles. The predicted molar refractivity (Wildman–Crippen MR) is 414 cm³/mol. The number of fused-ring (bicyclic) bond motifs is 18. The Labute approximate surface area is 564 Å². The summed E-state index contributed by atoms with van der Waals surface area (Å²) in [5, 5.41) is 12.2. The van der Waals surface area contributed by atoms with Crippen LogP contribution in [-0.2, 0) is 32.5 Å². The summed E-state index contributed by atoms with van der Waals surface area (Å²) < 4.78 is 14.8. The van der Waals surface area contributed by atoms with Gasteiger partial charge in [-0.3, -0.25) is 0 Å². The molecule has 0 N–H and O–H groups in total. The maximum atomic E-state index is 7.11. The van der Waals surface area contributed by atoms with E-state index < -0.39 is 0 Å². The molecule has 4 heteroatoms. The Morgan fingerprint density at radius 2 is 0.656 bits per heavy atom. The Kier molecular flexibility index (Phi) is 12.5. The van der Waals surface area contributed by atoms with Crippen LogP contribution in [0.1, 0.15) is 158 Å². The third-order valence-corrected chi connectivity index (χ3v) is 21.5. The zero-order valence-corrected chi connectivity index (χ0v) is 59.3. The van der Waals surface area contributed by atoms with E-state index in [0.717, 1.165) is 33.1 Å². The molecular formula is C92H87N3O. The van der Waals surface area contributed by atoms with Crippen LogP contribution in [-0.4, -0.2) is 13.4 Å². The fourth-order valence-corrected chi connectivity index (χ4v) is 15.9. The van der Waals surface area contributed by atoms with Crippen LogP contribution in [0.5, 0.6) is 0 Å². The number of hydrogen-bond acceptors (Lipinski definition) is 1. The molecule has 6 aromatic heterocycles. The van der Waals surface area contributed by atoms with Crippen molar-refractivity contribution in [2.75, 3.05) is 0 Å². The van der Waals surface area contributed by atoms with Crippen molar-refractivity contribution in [2.24, 2.45) is 0 Å². The van der Waals surface area contributed by atoms with Crippen LogP contribution in [0.25, 0.3) is 159 Å². The summed E-state index contributed by atoms with van der Waals surface area (Å²) >= 11 is 0. The van der Waals surface area contributed by atoms with E-state index in [1.807, 2.05) is 0 Å². The lowest BCUT2D eigenvalue weighted by molar-refractivity contribution is 0.568. The largest absolute Gasteiger partial charge is 0.454 e. The molecule has 0 saturated heterocycles. The molecule has 17 rings (SSSR count). The highest BCUT2D eigenvalue weighted by Gasteiger charge is 2.32. The van der Waals surface area contributed by atoms with Gasteiger partial charge in [0.05, 0.1) is 38.6 Å². The zero-order chi connectivity index (χ0) is 67.0. The molecular weight excluding hydrogens is 1160 g/mol. The van der Waals surface area contributed by atoms with Gasteiger partial charge in [-0.25, -0.2) is 0 Å². The summed E-state index contributed by atoms with van der Waals surface area (Å²) in [6, 6.07) is 78.1. The number of hydrogen-bond donors (Lipinski definition) is 0. The monoisotopic (exact) mass is 1250 g/mol. The first-order chi connectivity index (χ1) is 45.4. The van der Waals surface area contributed by atoms with Gasteiger partial charge in [0.15, 0.2) is 5.58 Å². The van der Waals surface area contributed by atoms with Gasteiger partial charge in [0.25, 0.3) is 0 Å². The van der Waals surface area contributed by atoms with Crippen LogP contribution < -0.4 is 0 Å². The summed E-state index contributed by atoms with van der Waals surface area (Å²) in [6.45, 7) is 42.4. The van der Waals surface area contributed by atoms with Gasteiger partial charge < -0.3 is 17.8 Å². The maximum absolute atomic E-state index is 7.11. The lowest BCUT2D eigenvalue weighted by Gasteiger charge is -2.26. The molecule has 4 nitrogen and oxygen atoms in total. The molecule has 0 spiro atoms. The van der Waals surface area contributed by atoms with Crippen molar-refractivity contribution in [2.45, 2.75) is 157 Å². The Hall–Kier alpha value is -9.64. The van der Waals surface area contributed by atoms with E-state index in [-0.39, 0.29) is 32.5 Å². The molecule has 96 heavy (non-hydrogen) atoms. The molecule has 0 radical (unpaired) electrons. The average Bonchev–Trinajstić information content (AvgIpc) is 1.50. The lowest BCUT2D eigenvalue weighted by Crippen LogP contribution is -2.16. The first-order valence-electron chi connectivity index (χ1n) is 34.8. The van der Waals surface area contributed by atoms with Crippen molar-refractivity contribution >= 4 is 109 Å². The number of rotatable bonds is 5. The molecule has 0 amide bonds. The third kappa shape index (κ3) is 9.06. The number of nitrogens with zero attached hydrogens (tertiary/aromatic N) is 3. The van der Waals surface area contributed by atoms with Crippen LogP contribution in [0.4, 0.5) is 0 Å². The smallest absolute Gasteiger partial charge is 0.161 e. The summed E-state index contributed by atoms with van der Waals surface area (Å²) in [5.41, 5.74) is 29.8. The van der Waals surface area contributed by atoms with Crippen LogP contribution >= 0.6 is 0 Å². The average molecular weight is 1250 g/mol. The minimum Gasteiger partial charge on any atom is -0.454 e. The second kappa shape index (κ2) is 20.0. The molecule has 0 fully saturated rings. The molecule has 11 aromatic carbocycles.